The standard InChI is InChI=1S/C12H19ClN4O/c1-8(2)9-7-18-5-4-17(9)11-6-10(13)15-12(14-3)16-11/h6,8-9H,4-5,7H2,1-3H3,(H,14,15,16). The third-order valence-corrected chi connectivity index (χ3v) is 3.33. The third-order valence-electron chi connectivity index (χ3n) is 3.13. The lowest BCUT2D eigenvalue weighted by Crippen LogP contribution is -2.48. The molecule has 1 aliphatic rings. The predicted octanol–water partition coefficient (Wildman–Crippen LogP) is 2.03. The third kappa shape index (κ3) is 2.84. The second kappa shape index (κ2) is 5.71. The topological polar surface area (TPSA) is 50.3 Å². The molecule has 2 rings (SSSR count). The van der Waals surface area contributed by atoms with Crippen molar-refractivity contribution in [3.05, 3.63) is 11.2 Å². The van der Waals surface area contributed by atoms with Gasteiger partial charge in [0.1, 0.15) is 11.0 Å². The van der Waals surface area contributed by atoms with Crippen LogP contribution >= 0.6 is 11.6 Å². The number of nitrogens with zero attached hydrogens (tertiary/aromatic N) is 3. The molecule has 1 aliphatic heterocycles. The number of hydrogen-bond donors (Lipinski definition) is 1. The molecule has 1 fully saturated rings. The van der Waals surface area contributed by atoms with Crippen molar-refractivity contribution in [1.29, 1.82) is 0 Å². The van der Waals surface area contributed by atoms with Crippen molar-refractivity contribution in [1.82, 2.24) is 9.97 Å². The van der Waals surface area contributed by atoms with Gasteiger partial charge in [0.25, 0.3) is 0 Å². The van der Waals surface area contributed by atoms with Crippen LogP contribution in [-0.2, 0) is 4.74 Å². The molecule has 0 bridgehead atoms. The number of ether oxygens (including phenoxy) is 1. The van der Waals surface area contributed by atoms with Gasteiger partial charge in [0.15, 0.2) is 0 Å². The fraction of sp³-hybridized carbons (Fsp3) is 0.667. The first-order chi connectivity index (χ1) is 8.61. The van der Waals surface area contributed by atoms with Crippen LogP contribution in [0.15, 0.2) is 6.07 Å². The molecule has 1 aromatic rings. The summed E-state index contributed by atoms with van der Waals surface area (Å²) >= 11 is 6.03. The number of rotatable bonds is 3. The van der Waals surface area contributed by atoms with Crippen LogP contribution in [0, 0.1) is 5.92 Å². The molecule has 0 saturated carbocycles. The highest BCUT2D eigenvalue weighted by molar-refractivity contribution is 6.29. The minimum atomic E-state index is 0.328. The van der Waals surface area contributed by atoms with E-state index in [1.807, 2.05) is 6.07 Å². The quantitative estimate of drug-likeness (QED) is 0.852. The molecular formula is C12H19ClN4O. The van der Waals surface area contributed by atoms with Gasteiger partial charge in [-0.15, -0.1) is 0 Å². The molecule has 0 aliphatic carbocycles. The van der Waals surface area contributed by atoms with E-state index in [-0.39, 0.29) is 0 Å². The summed E-state index contributed by atoms with van der Waals surface area (Å²) in [5.41, 5.74) is 0. The zero-order valence-corrected chi connectivity index (χ0v) is 11.7. The molecule has 0 amide bonds. The number of aromatic nitrogens is 2. The van der Waals surface area contributed by atoms with Gasteiger partial charge in [0, 0.05) is 19.7 Å². The van der Waals surface area contributed by atoms with Gasteiger partial charge in [-0.1, -0.05) is 25.4 Å². The summed E-state index contributed by atoms with van der Waals surface area (Å²) in [7, 11) is 1.79. The van der Waals surface area contributed by atoms with Crippen LogP contribution in [0.1, 0.15) is 13.8 Å². The Morgan fingerprint density at radius 2 is 2.28 bits per heavy atom. The molecule has 1 unspecified atom stereocenters. The van der Waals surface area contributed by atoms with Crippen molar-refractivity contribution in [3.8, 4) is 0 Å². The van der Waals surface area contributed by atoms with Gasteiger partial charge >= 0.3 is 0 Å². The van der Waals surface area contributed by atoms with Crippen LogP contribution in [0.5, 0.6) is 0 Å². The van der Waals surface area contributed by atoms with E-state index in [0.717, 1.165) is 25.6 Å². The number of anilines is 2. The zero-order chi connectivity index (χ0) is 13.1. The van der Waals surface area contributed by atoms with E-state index in [1.54, 1.807) is 7.05 Å². The Bertz CT molecular complexity index is 413. The normalized spacial score (nSPS) is 20.3. The van der Waals surface area contributed by atoms with E-state index in [9.17, 15) is 0 Å². The van der Waals surface area contributed by atoms with Gasteiger partial charge in [-0.2, -0.15) is 4.98 Å². The van der Waals surface area contributed by atoms with Gasteiger partial charge < -0.3 is 15.0 Å². The first-order valence-corrected chi connectivity index (χ1v) is 6.56. The van der Waals surface area contributed by atoms with Crippen LogP contribution < -0.4 is 10.2 Å². The van der Waals surface area contributed by atoms with E-state index in [0.29, 0.717) is 23.1 Å². The molecule has 6 heteroatoms. The summed E-state index contributed by atoms with van der Waals surface area (Å²) in [6.07, 6.45) is 0. The highest BCUT2D eigenvalue weighted by atomic mass is 35.5. The summed E-state index contributed by atoms with van der Waals surface area (Å²) in [6, 6.07) is 2.14. The minimum absolute atomic E-state index is 0.328. The predicted molar refractivity (Wildman–Crippen MR) is 73.4 cm³/mol. The lowest BCUT2D eigenvalue weighted by atomic mass is 10.0. The Labute approximate surface area is 113 Å². The smallest absolute Gasteiger partial charge is 0.225 e. The Morgan fingerprint density at radius 1 is 1.50 bits per heavy atom. The summed E-state index contributed by atoms with van der Waals surface area (Å²) in [5, 5.41) is 3.38. The van der Waals surface area contributed by atoms with Crippen LogP contribution in [0.3, 0.4) is 0 Å². The maximum atomic E-state index is 6.03. The molecule has 1 aromatic heterocycles. The molecule has 0 aromatic carbocycles. The molecule has 5 nitrogen and oxygen atoms in total. The highest BCUT2D eigenvalue weighted by Gasteiger charge is 2.27. The van der Waals surface area contributed by atoms with E-state index in [1.165, 1.54) is 0 Å². The number of nitrogens with one attached hydrogen (secondary N) is 1. The lowest BCUT2D eigenvalue weighted by Gasteiger charge is -2.38. The van der Waals surface area contributed by atoms with Crippen LogP contribution in [0.25, 0.3) is 0 Å². The fourth-order valence-electron chi connectivity index (χ4n) is 2.12. The Hall–Kier alpha value is -1.07. The van der Waals surface area contributed by atoms with Crippen molar-refractivity contribution in [2.75, 3.05) is 37.0 Å². The highest BCUT2D eigenvalue weighted by Crippen LogP contribution is 2.24. The van der Waals surface area contributed by atoms with Crippen molar-refractivity contribution in [2.45, 2.75) is 19.9 Å². The fourth-order valence-corrected chi connectivity index (χ4v) is 2.30. The Morgan fingerprint density at radius 3 is 2.94 bits per heavy atom. The van der Waals surface area contributed by atoms with E-state index in [4.69, 9.17) is 16.3 Å². The molecule has 0 radical (unpaired) electrons. The maximum Gasteiger partial charge on any atom is 0.225 e. The van der Waals surface area contributed by atoms with Crippen molar-refractivity contribution < 1.29 is 4.74 Å². The molecule has 2 heterocycles. The van der Waals surface area contributed by atoms with Crippen molar-refractivity contribution >= 4 is 23.4 Å². The minimum Gasteiger partial charge on any atom is -0.377 e. The van der Waals surface area contributed by atoms with Crippen molar-refractivity contribution in [2.24, 2.45) is 5.92 Å². The van der Waals surface area contributed by atoms with E-state index < -0.39 is 0 Å². The van der Waals surface area contributed by atoms with E-state index >= 15 is 0 Å². The summed E-state index contributed by atoms with van der Waals surface area (Å²) in [5.74, 6) is 1.91. The average molecular weight is 271 g/mol. The van der Waals surface area contributed by atoms with Gasteiger partial charge in [-0.05, 0) is 5.92 Å². The molecule has 0 spiro atoms. The van der Waals surface area contributed by atoms with Crippen LogP contribution in [-0.4, -0.2) is 42.8 Å². The van der Waals surface area contributed by atoms with Gasteiger partial charge in [0.05, 0.1) is 19.3 Å². The molecule has 1 N–H and O–H groups in total. The lowest BCUT2D eigenvalue weighted by molar-refractivity contribution is 0.0802. The van der Waals surface area contributed by atoms with Gasteiger partial charge in [-0.25, -0.2) is 4.98 Å². The largest absolute Gasteiger partial charge is 0.377 e. The van der Waals surface area contributed by atoms with Crippen molar-refractivity contribution in [3.63, 3.8) is 0 Å². The SMILES string of the molecule is CNc1nc(Cl)cc(N2CCOCC2C(C)C)n1. The van der Waals surface area contributed by atoms with Crippen LogP contribution in [0.4, 0.5) is 11.8 Å². The van der Waals surface area contributed by atoms with Gasteiger partial charge in [-0.3, -0.25) is 0 Å². The maximum absolute atomic E-state index is 6.03. The molecule has 1 atom stereocenters. The Balaban J connectivity index is 2.30. The second-order valence-electron chi connectivity index (χ2n) is 4.70. The molecular weight excluding hydrogens is 252 g/mol. The molecule has 100 valence electrons. The van der Waals surface area contributed by atoms with Gasteiger partial charge in [0.2, 0.25) is 5.95 Å². The first-order valence-electron chi connectivity index (χ1n) is 6.18. The Kier molecular flexibility index (Phi) is 4.24. The number of morpholine rings is 1. The summed E-state index contributed by atoms with van der Waals surface area (Å²) in [6.45, 7) is 6.66. The molecule has 1 saturated heterocycles. The first kappa shape index (κ1) is 13.4. The monoisotopic (exact) mass is 270 g/mol. The summed E-state index contributed by atoms with van der Waals surface area (Å²) in [4.78, 5) is 10.8. The molecule has 18 heavy (non-hydrogen) atoms. The second-order valence-corrected chi connectivity index (χ2v) is 5.09. The zero-order valence-electron chi connectivity index (χ0n) is 11.0. The average Bonchev–Trinajstić information content (AvgIpc) is 2.38. The van der Waals surface area contributed by atoms with Crippen LogP contribution in [0.2, 0.25) is 5.15 Å². The number of hydrogen-bond acceptors (Lipinski definition) is 5. The van der Waals surface area contributed by atoms with E-state index in [2.05, 4.69) is 34.0 Å². The summed E-state index contributed by atoms with van der Waals surface area (Å²) < 4.78 is 5.55. The number of halogens is 1.